The number of carbonyl (C=O) groups is 2. The maximum absolute atomic E-state index is 12.0. The molecule has 0 aliphatic heterocycles. The monoisotopic (exact) mass is 360 g/mol. The summed E-state index contributed by atoms with van der Waals surface area (Å²) in [5.74, 6) is 0.0324. The van der Waals surface area contributed by atoms with Crippen LogP contribution in [0, 0.1) is 6.92 Å². The molecule has 2 rings (SSSR count). The first kappa shape index (κ1) is 19.0. The Hall–Kier alpha value is -2.33. The van der Waals surface area contributed by atoms with Gasteiger partial charge in [-0.3, -0.25) is 4.79 Å². The number of ether oxygens (including phenoxy) is 2. The average molecular weight is 361 g/mol. The molecule has 0 aliphatic carbocycles. The molecule has 0 amide bonds. The van der Waals surface area contributed by atoms with Gasteiger partial charge in [0.25, 0.3) is 0 Å². The summed E-state index contributed by atoms with van der Waals surface area (Å²) in [6.07, 6.45) is 0. The first-order valence-electron chi connectivity index (χ1n) is 8.04. The third-order valence-electron chi connectivity index (χ3n) is 3.65. The molecule has 0 heterocycles. The first-order chi connectivity index (χ1) is 11.9. The number of halogens is 1. The number of carbonyl (C=O) groups excluding carboxylic acids is 2. The number of esters is 1. The zero-order valence-electron chi connectivity index (χ0n) is 14.5. The van der Waals surface area contributed by atoms with Gasteiger partial charge >= 0.3 is 5.97 Å². The predicted octanol–water partition coefficient (Wildman–Crippen LogP) is 4.58. The number of benzene rings is 2. The molecule has 0 atom stereocenters. The molecular weight excluding hydrogens is 340 g/mol. The van der Waals surface area contributed by atoms with Gasteiger partial charge in [-0.25, -0.2) is 4.79 Å². The fraction of sp³-hybridized carbons (Fsp3) is 0.300. The van der Waals surface area contributed by atoms with Gasteiger partial charge in [-0.1, -0.05) is 49.7 Å². The molecule has 0 N–H and O–H groups in total. The number of ketones is 1. The minimum absolute atomic E-state index is 0.244. The minimum Gasteiger partial charge on any atom is -0.482 e. The van der Waals surface area contributed by atoms with Crippen LogP contribution in [0.25, 0.3) is 0 Å². The summed E-state index contributed by atoms with van der Waals surface area (Å²) < 4.78 is 10.6. The predicted molar refractivity (Wildman–Crippen MR) is 97.5 cm³/mol. The van der Waals surface area contributed by atoms with Crippen LogP contribution in [0.3, 0.4) is 0 Å². The van der Waals surface area contributed by atoms with E-state index in [1.165, 1.54) is 6.07 Å². The number of Topliss-reactive ketones (excluding diaryl/α,β-unsaturated/α-hetero) is 1. The Morgan fingerprint density at radius 2 is 1.84 bits per heavy atom. The Balaban J connectivity index is 1.89. The molecule has 0 aliphatic rings. The fourth-order valence-electron chi connectivity index (χ4n) is 2.31. The molecule has 0 saturated heterocycles. The molecule has 4 nitrogen and oxygen atoms in total. The van der Waals surface area contributed by atoms with Gasteiger partial charge in [0.15, 0.2) is 19.0 Å². The molecule has 132 valence electrons. The van der Waals surface area contributed by atoms with Crippen LogP contribution in [0.1, 0.15) is 41.3 Å². The lowest BCUT2D eigenvalue weighted by Crippen LogP contribution is -2.20. The van der Waals surface area contributed by atoms with E-state index in [2.05, 4.69) is 13.8 Å². The van der Waals surface area contributed by atoms with E-state index in [1.807, 2.05) is 25.1 Å². The summed E-state index contributed by atoms with van der Waals surface area (Å²) >= 11 is 5.84. The molecule has 2 aromatic carbocycles. The highest BCUT2D eigenvalue weighted by molar-refractivity contribution is 6.31. The van der Waals surface area contributed by atoms with Crippen molar-refractivity contribution in [1.29, 1.82) is 0 Å². The number of rotatable bonds is 7. The van der Waals surface area contributed by atoms with E-state index in [1.54, 1.807) is 18.2 Å². The summed E-state index contributed by atoms with van der Waals surface area (Å²) in [6.45, 7) is 5.48. The van der Waals surface area contributed by atoms with E-state index in [-0.39, 0.29) is 24.9 Å². The normalized spacial score (nSPS) is 10.6. The van der Waals surface area contributed by atoms with Gasteiger partial charge in [-0.15, -0.1) is 0 Å². The molecule has 0 bridgehead atoms. The fourth-order valence-corrected chi connectivity index (χ4v) is 2.50. The third-order valence-corrected chi connectivity index (χ3v) is 3.88. The van der Waals surface area contributed by atoms with Crippen LogP contribution in [0.4, 0.5) is 0 Å². The summed E-state index contributed by atoms with van der Waals surface area (Å²) in [5.41, 5.74) is 2.47. The Morgan fingerprint density at radius 1 is 1.08 bits per heavy atom. The van der Waals surface area contributed by atoms with Crippen molar-refractivity contribution in [1.82, 2.24) is 0 Å². The Morgan fingerprint density at radius 3 is 2.52 bits per heavy atom. The maximum Gasteiger partial charge on any atom is 0.344 e. The minimum atomic E-state index is -0.591. The Bertz CT molecular complexity index is 768. The second-order valence-electron chi connectivity index (χ2n) is 6.08. The molecule has 2 aromatic rings. The molecule has 0 aromatic heterocycles. The van der Waals surface area contributed by atoms with E-state index in [9.17, 15) is 9.59 Å². The highest BCUT2D eigenvalue weighted by Gasteiger charge is 2.13. The standard InChI is InChI=1S/C20H21ClO4/c1-13(2)17-8-7-14(3)9-19(17)24-12-20(23)25-11-18(22)15-5-4-6-16(21)10-15/h4-10,13H,11-12H2,1-3H3. The SMILES string of the molecule is Cc1ccc(C(C)C)c(OCC(=O)OCC(=O)c2cccc(Cl)c2)c1. The van der Waals surface area contributed by atoms with Crippen molar-refractivity contribution in [2.24, 2.45) is 0 Å². The molecule has 5 heteroatoms. The maximum atomic E-state index is 12.0. The molecule has 0 fully saturated rings. The van der Waals surface area contributed by atoms with Gasteiger partial charge in [0.2, 0.25) is 0 Å². The van der Waals surface area contributed by atoms with Crippen molar-refractivity contribution in [2.75, 3.05) is 13.2 Å². The van der Waals surface area contributed by atoms with Crippen LogP contribution < -0.4 is 4.74 Å². The van der Waals surface area contributed by atoms with Crippen LogP contribution in [0.2, 0.25) is 5.02 Å². The zero-order chi connectivity index (χ0) is 18.4. The number of hydrogen-bond acceptors (Lipinski definition) is 4. The lowest BCUT2D eigenvalue weighted by Gasteiger charge is -2.14. The van der Waals surface area contributed by atoms with E-state index >= 15 is 0 Å². The van der Waals surface area contributed by atoms with E-state index < -0.39 is 5.97 Å². The average Bonchev–Trinajstić information content (AvgIpc) is 2.57. The molecule has 0 unspecified atom stereocenters. The summed E-state index contributed by atoms with van der Waals surface area (Å²) in [7, 11) is 0. The Labute approximate surface area is 152 Å². The Kier molecular flexibility index (Phi) is 6.59. The van der Waals surface area contributed by atoms with Crippen LogP contribution in [-0.2, 0) is 9.53 Å². The molecule has 0 saturated carbocycles. The number of aryl methyl sites for hydroxylation is 1. The zero-order valence-corrected chi connectivity index (χ0v) is 15.3. The second-order valence-corrected chi connectivity index (χ2v) is 6.52. The number of hydrogen-bond donors (Lipinski definition) is 0. The van der Waals surface area contributed by atoms with E-state index in [0.29, 0.717) is 16.3 Å². The van der Waals surface area contributed by atoms with Gasteiger partial charge in [0.1, 0.15) is 5.75 Å². The van der Waals surface area contributed by atoms with E-state index in [0.717, 1.165) is 11.1 Å². The lowest BCUT2D eigenvalue weighted by atomic mass is 10.0. The molecule has 0 spiro atoms. The molecule has 0 radical (unpaired) electrons. The van der Waals surface area contributed by atoms with Crippen molar-refractivity contribution < 1.29 is 19.1 Å². The highest BCUT2D eigenvalue weighted by atomic mass is 35.5. The van der Waals surface area contributed by atoms with Gasteiger partial charge < -0.3 is 9.47 Å². The van der Waals surface area contributed by atoms with Crippen LogP contribution in [-0.4, -0.2) is 25.0 Å². The van der Waals surface area contributed by atoms with Crippen LogP contribution in [0.15, 0.2) is 42.5 Å². The summed E-state index contributed by atoms with van der Waals surface area (Å²) in [6, 6.07) is 12.4. The van der Waals surface area contributed by atoms with E-state index in [4.69, 9.17) is 21.1 Å². The van der Waals surface area contributed by atoms with Gasteiger partial charge in [0, 0.05) is 10.6 Å². The molecular formula is C20H21ClO4. The largest absolute Gasteiger partial charge is 0.482 e. The highest BCUT2D eigenvalue weighted by Crippen LogP contribution is 2.27. The second kappa shape index (κ2) is 8.67. The summed E-state index contributed by atoms with van der Waals surface area (Å²) in [4.78, 5) is 23.8. The van der Waals surface area contributed by atoms with Crippen molar-refractivity contribution in [3.8, 4) is 5.75 Å². The van der Waals surface area contributed by atoms with Gasteiger partial charge in [-0.2, -0.15) is 0 Å². The van der Waals surface area contributed by atoms with Gasteiger partial charge in [0.05, 0.1) is 0 Å². The first-order valence-corrected chi connectivity index (χ1v) is 8.42. The smallest absolute Gasteiger partial charge is 0.344 e. The lowest BCUT2D eigenvalue weighted by molar-refractivity contribution is -0.144. The van der Waals surface area contributed by atoms with Crippen molar-refractivity contribution in [2.45, 2.75) is 26.7 Å². The van der Waals surface area contributed by atoms with Crippen LogP contribution in [0.5, 0.6) is 5.75 Å². The van der Waals surface area contributed by atoms with Crippen LogP contribution >= 0.6 is 11.6 Å². The summed E-state index contributed by atoms with van der Waals surface area (Å²) in [5, 5.41) is 0.459. The van der Waals surface area contributed by atoms with Crippen molar-refractivity contribution in [3.63, 3.8) is 0 Å². The van der Waals surface area contributed by atoms with Crippen molar-refractivity contribution in [3.05, 3.63) is 64.2 Å². The van der Waals surface area contributed by atoms with Gasteiger partial charge in [-0.05, 0) is 42.2 Å². The topological polar surface area (TPSA) is 52.6 Å². The molecule has 25 heavy (non-hydrogen) atoms. The third kappa shape index (κ3) is 5.61. The quantitative estimate of drug-likeness (QED) is 0.536. The van der Waals surface area contributed by atoms with Crippen molar-refractivity contribution >= 4 is 23.4 Å².